The Morgan fingerprint density at radius 3 is 2.62 bits per heavy atom. The lowest BCUT2D eigenvalue weighted by molar-refractivity contribution is 0.317. The van der Waals surface area contributed by atoms with Gasteiger partial charge in [-0.05, 0) is 32.1 Å². The molecule has 2 unspecified atom stereocenters. The van der Waals surface area contributed by atoms with Crippen LogP contribution in [0.2, 0.25) is 0 Å². The molecule has 1 heteroatoms. The maximum absolute atomic E-state index is 6.24. The third-order valence-corrected chi connectivity index (χ3v) is 3.61. The van der Waals surface area contributed by atoms with E-state index in [0.29, 0.717) is 0 Å². The number of hydrogen-bond donors (Lipinski definition) is 1. The van der Waals surface area contributed by atoms with Gasteiger partial charge in [0, 0.05) is 5.54 Å². The van der Waals surface area contributed by atoms with Crippen LogP contribution in [0, 0.1) is 5.92 Å². The lowest BCUT2D eigenvalue weighted by atomic mass is 9.86. The van der Waals surface area contributed by atoms with Crippen molar-refractivity contribution in [1.29, 1.82) is 0 Å². The molecular weight excluding hydrogens is 158 g/mol. The van der Waals surface area contributed by atoms with Crippen molar-refractivity contribution in [2.24, 2.45) is 11.7 Å². The third kappa shape index (κ3) is 3.30. The molecule has 0 radical (unpaired) electrons. The molecule has 0 bridgehead atoms. The monoisotopic (exact) mass is 183 g/mol. The minimum absolute atomic E-state index is 0.159. The second kappa shape index (κ2) is 4.99. The molecule has 0 saturated heterocycles. The molecule has 1 rings (SSSR count). The van der Waals surface area contributed by atoms with E-state index < -0.39 is 0 Å². The van der Waals surface area contributed by atoms with E-state index in [0.717, 1.165) is 5.92 Å². The molecule has 78 valence electrons. The molecule has 0 heterocycles. The van der Waals surface area contributed by atoms with Crippen molar-refractivity contribution in [3.8, 4) is 0 Å². The summed E-state index contributed by atoms with van der Waals surface area (Å²) >= 11 is 0. The van der Waals surface area contributed by atoms with E-state index in [4.69, 9.17) is 5.73 Å². The third-order valence-electron chi connectivity index (χ3n) is 3.61. The summed E-state index contributed by atoms with van der Waals surface area (Å²) in [5, 5.41) is 0. The van der Waals surface area contributed by atoms with Gasteiger partial charge in [-0.15, -0.1) is 0 Å². The van der Waals surface area contributed by atoms with Crippen molar-refractivity contribution in [2.45, 2.75) is 70.8 Å². The van der Waals surface area contributed by atoms with Crippen molar-refractivity contribution in [1.82, 2.24) is 0 Å². The van der Waals surface area contributed by atoms with Gasteiger partial charge in [0.05, 0.1) is 0 Å². The summed E-state index contributed by atoms with van der Waals surface area (Å²) in [4.78, 5) is 0. The fraction of sp³-hybridized carbons (Fsp3) is 1.00. The molecular formula is C12H25N. The maximum Gasteiger partial charge on any atom is 0.0154 e. The number of hydrogen-bond acceptors (Lipinski definition) is 1. The number of nitrogens with two attached hydrogens (primary N) is 1. The van der Waals surface area contributed by atoms with Gasteiger partial charge in [0.1, 0.15) is 0 Å². The molecule has 0 aromatic rings. The first kappa shape index (κ1) is 11.0. The van der Waals surface area contributed by atoms with Crippen LogP contribution in [0.5, 0.6) is 0 Å². The Hall–Kier alpha value is -0.0400. The van der Waals surface area contributed by atoms with E-state index in [1.165, 1.54) is 51.4 Å². The maximum atomic E-state index is 6.24. The summed E-state index contributed by atoms with van der Waals surface area (Å²) in [5.74, 6) is 0.810. The quantitative estimate of drug-likeness (QED) is 0.649. The Labute approximate surface area is 83.1 Å². The summed E-state index contributed by atoms with van der Waals surface area (Å²) in [6, 6.07) is 0. The van der Waals surface area contributed by atoms with Gasteiger partial charge < -0.3 is 5.73 Å². The zero-order valence-corrected chi connectivity index (χ0v) is 9.31. The molecule has 0 amide bonds. The lowest BCUT2D eigenvalue weighted by Crippen LogP contribution is -2.39. The second-order valence-electron chi connectivity index (χ2n) is 4.94. The van der Waals surface area contributed by atoms with Crippen molar-refractivity contribution < 1.29 is 0 Å². The molecule has 1 nitrogen and oxygen atoms in total. The van der Waals surface area contributed by atoms with Gasteiger partial charge in [0.25, 0.3) is 0 Å². The van der Waals surface area contributed by atoms with Crippen molar-refractivity contribution in [2.75, 3.05) is 0 Å². The van der Waals surface area contributed by atoms with Gasteiger partial charge in [-0.1, -0.05) is 39.0 Å². The van der Waals surface area contributed by atoms with E-state index in [-0.39, 0.29) is 5.54 Å². The Morgan fingerprint density at radius 1 is 1.31 bits per heavy atom. The Balaban J connectivity index is 2.14. The van der Waals surface area contributed by atoms with Crippen molar-refractivity contribution >= 4 is 0 Å². The van der Waals surface area contributed by atoms with Crippen LogP contribution in [0.25, 0.3) is 0 Å². The first-order valence-electron chi connectivity index (χ1n) is 5.95. The van der Waals surface area contributed by atoms with Crippen LogP contribution < -0.4 is 5.73 Å². The standard InChI is InChI=1S/C12H25N/c1-3-4-5-6-8-11-9-7-10-12(11,2)13/h11H,3-10,13H2,1-2H3. The topological polar surface area (TPSA) is 26.0 Å². The number of unbranched alkanes of at least 4 members (excludes halogenated alkanes) is 3. The fourth-order valence-electron chi connectivity index (χ4n) is 2.55. The molecule has 1 saturated carbocycles. The highest BCUT2D eigenvalue weighted by molar-refractivity contribution is 4.92. The van der Waals surface area contributed by atoms with Gasteiger partial charge in [0.2, 0.25) is 0 Å². The molecule has 1 aliphatic carbocycles. The van der Waals surface area contributed by atoms with Crippen molar-refractivity contribution in [3.05, 3.63) is 0 Å². The first-order chi connectivity index (χ1) is 6.17. The lowest BCUT2D eigenvalue weighted by Gasteiger charge is -2.26. The van der Waals surface area contributed by atoms with Crippen LogP contribution in [-0.4, -0.2) is 5.54 Å². The average Bonchev–Trinajstić information content (AvgIpc) is 2.40. The second-order valence-corrected chi connectivity index (χ2v) is 4.94. The highest BCUT2D eigenvalue weighted by Gasteiger charge is 2.33. The average molecular weight is 183 g/mol. The van der Waals surface area contributed by atoms with E-state index in [9.17, 15) is 0 Å². The summed E-state index contributed by atoms with van der Waals surface area (Å²) < 4.78 is 0. The van der Waals surface area contributed by atoms with Crippen molar-refractivity contribution in [3.63, 3.8) is 0 Å². The van der Waals surface area contributed by atoms with E-state index in [1.54, 1.807) is 0 Å². The van der Waals surface area contributed by atoms with Crippen LogP contribution in [0.1, 0.15) is 65.2 Å². The molecule has 0 aromatic carbocycles. The van der Waals surface area contributed by atoms with Crippen LogP contribution in [0.3, 0.4) is 0 Å². The highest BCUT2D eigenvalue weighted by atomic mass is 14.8. The van der Waals surface area contributed by atoms with Gasteiger partial charge in [-0.25, -0.2) is 0 Å². The van der Waals surface area contributed by atoms with Crippen LogP contribution in [-0.2, 0) is 0 Å². The Morgan fingerprint density at radius 2 is 2.08 bits per heavy atom. The molecule has 0 spiro atoms. The Bertz CT molecular complexity index is 140. The summed E-state index contributed by atoms with van der Waals surface area (Å²) in [6.45, 7) is 4.51. The fourth-order valence-corrected chi connectivity index (χ4v) is 2.55. The molecule has 2 atom stereocenters. The van der Waals surface area contributed by atoms with Crippen LogP contribution in [0.4, 0.5) is 0 Å². The number of rotatable bonds is 5. The van der Waals surface area contributed by atoms with Crippen LogP contribution >= 0.6 is 0 Å². The van der Waals surface area contributed by atoms with Crippen LogP contribution in [0.15, 0.2) is 0 Å². The Kier molecular flexibility index (Phi) is 4.24. The minimum atomic E-state index is 0.159. The minimum Gasteiger partial charge on any atom is -0.325 e. The zero-order valence-electron chi connectivity index (χ0n) is 9.31. The predicted molar refractivity (Wildman–Crippen MR) is 58.7 cm³/mol. The van der Waals surface area contributed by atoms with Gasteiger partial charge in [0.15, 0.2) is 0 Å². The normalized spacial score (nSPS) is 33.9. The van der Waals surface area contributed by atoms with E-state index >= 15 is 0 Å². The highest BCUT2D eigenvalue weighted by Crippen LogP contribution is 2.36. The smallest absolute Gasteiger partial charge is 0.0154 e. The SMILES string of the molecule is CCCCCCC1CCCC1(C)N. The van der Waals surface area contributed by atoms with Gasteiger partial charge in [-0.2, -0.15) is 0 Å². The first-order valence-corrected chi connectivity index (χ1v) is 5.95. The predicted octanol–water partition coefficient (Wildman–Crippen LogP) is 3.47. The van der Waals surface area contributed by atoms with Gasteiger partial charge >= 0.3 is 0 Å². The van der Waals surface area contributed by atoms with E-state index in [1.807, 2.05) is 0 Å². The molecule has 13 heavy (non-hydrogen) atoms. The summed E-state index contributed by atoms with van der Waals surface area (Å²) in [5.41, 5.74) is 6.40. The zero-order chi connectivity index (χ0) is 9.73. The summed E-state index contributed by atoms with van der Waals surface area (Å²) in [6.07, 6.45) is 10.9. The largest absolute Gasteiger partial charge is 0.325 e. The molecule has 0 aromatic heterocycles. The van der Waals surface area contributed by atoms with Gasteiger partial charge in [-0.3, -0.25) is 0 Å². The molecule has 2 N–H and O–H groups in total. The molecule has 1 aliphatic rings. The molecule has 0 aliphatic heterocycles. The molecule has 1 fully saturated rings. The summed E-state index contributed by atoms with van der Waals surface area (Å²) in [7, 11) is 0. The van der Waals surface area contributed by atoms with E-state index in [2.05, 4.69) is 13.8 Å².